The maximum absolute atomic E-state index is 12.4. The van der Waals surface area contributed by atoms with Crippen molar-refractivity contribution in [1.82, 2.24) is 4.90 Å². The van der Waals surface area contributed by atoms with E-state index in [1.807, 2.05) is 13.8 Å². The third kappa shape index (κ3) is 4.47. The predicted molar refractivity (Wildman–Crippen MR) is 76.4 cm³/mol. The molecule has 0 bridgehead atoms. The number of hydrogen-bond donors (Lipinski definition) is 2. The Kier molecular flexibility index (Phi) is 6.46. The summed E-state index contributed by atoms with van der Waals surface area (Å²) in [7, 11) is 0. The van der Waals surface area contributed by atoms with E-state index in [2.05, 4.69) is 0 Å². The van der Waals surface area contributed by atoms with Crippen LogP contribution in [0.15, 0.2) is 0 Å². The molecule has 0 aromatic heterocycles. The molecular weight excluding hydrogens is 258 g/mol. The predicted octanol–water partition coefficient (Wildman–Crippen LogP) is 2.17. The zero-order valence-corrected chi connectivity index (χ0v) is 12.6. The zero-order valence-electron chi connectivity index (χ0n) is 12.6. The van der Waals surface area contributed by atoms with Crippen LogP contribution in [0, 0.1) is 0 Å². The third-order valence-electron chi connectivity index (χ3n) is 4.02. The van der Waals surface area contributed by atoms with Crippen LogP contribution in [0.4, 0.5) is 0 Å². The summed E-state index contributed by atoms with van der Waals surface area (Å²) in [6, 6.07) is -0.719. The fourth-order valence-electron chi connectivity index (χ4n) is 3.10. The van der Waals surface area contributed by atoms with E-state index in [1.54, 1.807) is 0 Å². The largest absolute Gasteiger partial charge is 0.480 e. The number of piperidine rings is 1. The first-order valence-electron chi connectivity index (χ1n) is 7.68. The molecule has 20 heavy (non-hydrogen) atoms. The molecule has 1 aliphatic rings. The molecule has 1 aliphatic heterocycles. The molecule has 0 spiro atoms. The van der Waals surface area contributed by atoms with Gasteiger partial charge in [-0.25, -0.2) is 4.79 Å². The molecule has 0 aromatic carbocycles. The Morgan fingerprint density at radius 3 is 2.30 bits per heavy atom. The van der Waals surface area contributed by atoms with Crippen LogP contribution in [0.5, 0.6) is 0 Å². The van der Waals surface area contributed by atoms with Gasteiger partial charge in [0.1, 0.15) is 6.04 Å². The fraction of sp³-hybridized carbons (Fsp3) is 0.867. The smallest absolute Gasteiger partial charge is 0.326 e. The Balaban J connectivity index is 2.73. The number of aliphatic hydroxyl groups is 1. The van der Waals surface area contributed by atoms with Crippen LogP contribution >= 0.6 is 0 Å². The van der Waals surface area contributed by atoms with Gasteiger partial charge in [0.25, 0.3) is 0 Å². The highest BCUT2D eigenvalue weighted by atomic mass is 16.4. The minimum atomic E-state index is -0.985. The topological polar surface area (TPSA) is 77.8 Å². The van der Waals surface area contributed by atoms with Gasteiger partial charge in [-0.15, -0.1) is 0 Å². The summed E-state index contributed by atoms with van der Waals surface area (Å²) >= 11 is 0. The molecule has 116 valence electrons. The molecule has 5 heteroatoms. The molecule has 1 heterocycles. The van der Waals surface area contributed by atoms with Crippen LogP contribution in [0.25, 0.3) is 0 Å². The molecule has 0 aliphatic carbocycles. The molecule has 1 fully saturated rings. The highest BCUT2D eigenvalue weighted by molar-refractivity contribution is 5.84. The van der Waals surface area contributed by atoms with Gasteiger partial charge in [0.15, 0.2) is 0 Å². The number of carboxylic acids is 1. The van der Waals surface area contributed by atoms with E-state index in [9.17, 15) is 19.8 Å². The SMILES string of the molecule is CCCC(O)(CCC)CC(=O)N1CCCCC1C(=O)O. The second-order valence-corrected chi connectivity index (χ2v) is 5.84. The summed E-state index contributed by atoms with van der Waals surface area (Å²) in [5.41, 5.74) is -0.985. The number of aliphatic carboxylic acids is 1. The average molecular weight is 285 g/mol. The fourth-order valence-corrected chi connectivity index (χ4v) is 3.10. The lowest BCUT2D eigenvalue weighted by atomic mass is 9.88. The molecule has 0 aromatic rings. The van der Waals surface area contributed by atoms with Crippen molar-refractivity contribution >= 4 is 11.9 Å². The van der Waals surface area contributed by atoms with Crippen molar-refractivity contribution in [3.8, 4) is 0 Å². The Hall–Kier alpha value is -1.10. The van der Waals surface area contributed by atoms with Crippen molar-refractivity contribution in [2.75, 3.05) is 6.54 Å². The van der Waals surface area contributed by atoms with Gasteiger partial charge in [0.05, 0.1) is 12.0 Å². The zero-order chi connectivity index (χ0) is 15.2. The number of likely N-dealkylation sites (tertiary alicyclic amines) is 1. The Bertz CT molecular complexity index is 337. The normalized spacial score (nSPS) is 19.9. The van der Waals surface area contributed by atoms with Gasteiger partial charge in [-0.3, -0.25) is 4.79 Å². The first kappa shape index (κ1) is 17.0. The van der Waals surface area contributed by atoms with Crippen LogP contribution in [0.1, 0.15) is 65.2 Å². The summed E-state index contributed by atoms with van der Waals surface area (Å²) < 4.78 is 0. The second-order valence-electron chi connectivity index (χ2n) is 5.84. The average Bonchev–Trinajstić information content (AvgIpc) is 2.38. The summed E-state index contributed by atoms with van der Waals surface area (Å²) in [4.78, 5) is 25.1. The van der Waals surface area contributed by atoms with E-state index in [0.29, 0.717) is 25.8 Å². The maximum atomic E-state index is 12.4. The Labute approximate surface area is 121 Å². The summed E-state index contributed by atoms with van der Waals surface area (Å²) in [5, 5.41) is 19.7. The summed E-state index contributed by atoms with van der Waals surface area (Å²) in [6.45, 7) is 4.45. The molecule has 5 nitrogen and oxygen atoms in total. The van der Waals surface area contributed by atoms with E-state index in [0.717, 1.165) is 25.7 Å². The summed E-state index contributed by atoms with van der Waals surface area (Å²) in [6.07, 6.45) is 5.03. The molecule has 1 atom stereocenters. The molecule has 1 amide bonds. The van der Waals surface area contributed by atoms with E-state index in [1.165, 1.54) is 4.90 Å². The van der Waals surface area contributed by atoms with Gasteiger partial charge < -0.3 is 15.1 Å². The molecule has 1 unspecified atom stereocenters. The monoisotopic (exact) mass is 285 g/mol. The first-order chi connectivity index (χ1) is 9.43. The second kappa shape index (κ2) is 7.62. The quantitative estimate of drug-likeness (QED) is 0.751. The number of carbonyl (C=O) groups excluding carboxylic acids is 1. The van der Waals surface area contributed by atoms with E-state index in [4.69, 9.17) is 0 Å². The van der Waals surface area contributed by atoms with E-state index >= 15 is 0 Å². The van der Waals surface area contributed by atoms with Gasteiger partial charge in [-0.05, 0) is 32.1 Å². The van der Waals surface area contributed by atoms with Crippen molar-refractivity contribution in [1.29, 1.82) is 0 Å². The third-order valence-corrected chi connectivity index (χ3v) is 4.02. The number of amides is 1. The molecule has 1 rings (SSSR count). The lowest BCUT2D eigenvalue weighted by molar-refractivity contribution is -0.154. The molecule has 0 saturated carbocycles. The van der Waals surface area contributed by atoms with Crippen LogP contribution in [0.3, 0.4) is 0 Å². The van der Waals surface area contributed by atoms with Crippen LogP contribution in [-0.4, -0.2) is 45.2 Å². The number of nitrogens with zero attached hydrogens (tertiary/aromatic N) is 1. The lowest BCUT2D eigenvalue weighted by Crippen LogP contribution is -2.50. The highest BCUT2D eigenvalue weighted by Crippen LogP contribution is 2.27. The van der Waals surface area contributed by atoms with E-state index < -0.39 is 17.6 Å². The number of carbonyl (C=O) groups is 2. The standard InChI is InChI=1S/C15H27NO4/c1-3-8-15(20,9-4-2)11-13(17)16-10-6-5-7-12(16)14(18)19/h12,20H,3-11H2,1-2H3,(H,18,19). The number of hydrogen-bond acceptors (Lipinski definition) is 3. The van der Waals surface area contributed by atoms with Crippen LogP contribution in [-0.2, 0) is 9.59 Å². The Morgan fingerprint density at radius 1 is 1.20 bits per heavy atom. The van der Waals surface area contributed by atoms with Crippen molar-refractivity contribution in [2.24, 2.45) is 0 Å². The molecule has 2 N–H and O–H groups in total. The molecular formula is C15H27NO4. The lowest BCUT2D eigenvalue weighted by Gasteiger charge is -2.36. The first-order valence-corrected chi connectivity index (χ1v) is 7.68. The minimum Gasteiger partial charge on any atom is -0.480 e. The minimum absolute atomic E-state index is 0.0401. The highest BCUT2D eigenvalue weighted by Gasteiger charge is 2.36. The number of carboxylic acid groups (broad SMARTS) is 1. The van der Waals surface area contributed by atoms with Gasteiger partial charge in [0, 0.05) is 6.54 Å². The van der Waals surface area contributed by atoms with Gasteiger partial charge >= 0.3 is 5.97 Å². The van der Waals surface area contributed by atoms with Crippen molar-refractivity contribution in [3.05, 3.63) is 0 Å². The van der Waals surface area contributed by atoms with Gasteiger partial charge in [-0.1, -0.05) is 26.7 Å². The van der Waals surface area contributed by atoms with Crippen LogP contribution < -0.4 is 0 Å². The van der Waals surface area contributed by atoms with Crippen molar-refractivity contribution < 1.29 is 19.8 Å². The number of rotatable bonds is 7. The maximum Gasteiger partial charge on any atom is 0.326 e. The molecule has 1 saturated heterocycles. The molecule has 0 radical (unpaired) electrons. The van der Waals surface area contributed by atoms with Gasteiger partial charge in [0.2, 0.25) is 5.91 Å². The van der Waals surface area contributed by atoms with E-state index in [-0.39, 0.29) is 12.3 Å². The summed E-state index contributed by atoms with van der Waals surface area (Å²) in [5.74, 6) is -1.16. The van der Waals surface area contributed by atoms with Crippen LogP contribution in [0.2, 0.25) is 0 Å². The Morgan fingerprint density at radius 2 is 1.80 bits per heavy atom. The van der Waals surface area contributed by atoms with Crippen molar-refractivity contribution in [3.63, 3.8) is 0 Å². The van der Waals surface area contributed by atoms with Crippen molar-refractivity contribution in [2.45, 2.75) is 76.9 Å². The van der Waals surface area contributed by atoms with Gasteiger partial charge in [-0.2, -0.15) is 0 Å².